The molecule has 5 heteroatoms. The van der Waals surface area contributed by atoms with E-state index in [-0.39, 0.29) is 5.75 Å². The first-order chi connectivity index (χ1) is 5.83. The van der Waals surface area contributed by atoms with Crippen LogP contribution in [-0.2, 0) is 0 Å². The van der Waals surface area contributed by atoms with Gasteiger partial charge in [0.2, 0.25) is 5.95 Å². The summed E-state index contributed by atoms with van der Waals surface area (Å²) in [5, 5.41) is 11.8. The van der Waals surface area contributed by atoms with Crippen LogP contribution in [0.25, 0.3) is 0 Å². The molecule has 0 aliphatic heterocycles. The van der Waals surface area contributed by atoms with Gasteiger partial charge in [0.05, 0.1) is 12.4 Å². The molecule has 0 aromatic carbocycles. The molecule has 0 radical (unpaired) electrons. The molecule has 66 valence electrons. The lowest BCUT2D eigenvalue weighted by Gasteiger charge is -2.01. The molecule has 12 heavy (non-hydrogen) atoms. The van der Waals surface area contributed by atoms with Crippen molar-refractivity contribution in [3.8, 4) is 5.75 Å². The predicted molar refractivity (Wildman–Crippen MR) is 45.9 cm³/mol. The zero-order valence-electron chi connectivity index (χ0n) is 6.70. The lowest BCUT2D eigenvalue weighted by atomic mass is 10.4. The van der Waals surface area contributed by atoms with Gasteiger partial charge in [-0.2, -0.15) is 0 Å². The van der Waals surface area contributed by atoms with E-state index in [1.807, 2.05) is 0 Å². The highest BCUT2D eigenvalue weighted by Crippen LogP contribution is 2.04. The van der Waals surface area contributed by atoms with Gasteiger partial charge >= 0.3 is 0 Å². The van der Waals surface area contributed by atoms with Crippen LogP contribution in [0.1, 0.15) is 6.42 Å². The molecule has 0 saturated carbocycles. The second-order valence-electron chi connectivity index (χ2n) is 2.33. The third-order valence-electron chi connectivity index (χ3n) is 1.30. The Morgan fingerprint density at radius 2 is 2.08 bits per heavy atom. The van der Waals surface area contributed by atoms with Gasteiger partial charge in [-0.05, 0) is 13.0 Å². The largest absolute Gasteiger partial charge is 0.505 e. The molecule has 0 atom stereocenters. The van der Waals surface area contributed by atoms with Crippen LogP contribution in [-0.4, -0.2) is 28.2 Å². The van der Waals surface area contributed by atoms with Crippen molar-refractivity contribution in [2.45, 2.75) is 6.42 Å². The Kier molecular flexibility index (Phi) is 3.28. The van der Waals surface area contributed by atoms with E-state index in [1.165, 1.54) is 12.4 Å². The van der Waals surface area contributed by atoms with E-state index in [0.717, 1.165) is 13.0 Å². The topological polar surface area (TPSA) is 84.1 Å². The minimum atomic E-state index is 0.0689. The average molecular weight is 168 g/mol. The van der Waals surface area contributed by atoms with Crippen LogP contribution in [0.2, 0.25) is 0 Å². The van der Waals surface area contributed by atoms with Crippen LogP contribution in [0.3, 0.4) is 0 Å². The summed E-state index contributed by atoms with van der Waals surface area (Å²) < 4.78 is 0. The van der Waals surface area contributed by atoms with E-state index >= 15 is 0 Å². The van der Waals surface area contributed by atoms with Gasteiger partial charge in [-0.25, -0.2) is 9.97 Å². The summed E-state index contributed by atoms with van der Waals surface area (Å²) in [5.74, 6) is 0.584. The Hall–Kier alpha value is -1.36. The zero-order chi connectivity index (χ0) is 8.81. The number of rotatable bonds is 4. The van der Waals surface area contributed by atoms with E-state index in [1.54, 1.807) is 0 Å². The number of hydrogen-bond donors (Lipinski definition) is 3. The van der Waals surface area contributed by atoms with E-state index in [2.05, 4.69) is 15.3 Å². The Morgan fingerprint density at radius 3 is 2.67 bits per heavy atom. The first-order valence-electron chi connectivity index (χ1n) is 3.78. The Morgan fingerprint density at radius 1 is 1.42 bits per heavy atom. The van der Waals surface area contributed by atoms with E-state index < -0.39 is 0 Å². The van der Waals surface area contributed by atoms with Gasteiger partial charge in [-0.1, -0.05) is 0 Å². The maximum atomic E-state index is 8.86. The molecule has 0 saturated heterocycles. The summed E-state index contributed by atoms with van der Waals surface area (Å²) >= 11 is 0. The van der Waals surface area contributed by atoms with Crippen LogP contribution in [0.5, 0.6) is 5.75 Å². The standard InChI is InChI=1S/C7H12N4O/c8-2-1-3-9-7-10-4-6(12)5-11-7/h4-5,12H,1-3,8H2,(H,9,10,11). The molecule has 1 aromatic rings. The summed E-state index contributed by atoms with van der Waals surface area (Å²) in [4.78, 5) is 7.67. The smallest absolute Gasteiger partial charge is 0.222 e. The number of anilines is 1. The molecule has 0 unspecified atom stereocenters. The number of aromatic nitrogens is 2. The molecular formula is C7H12N4O. The monoisotopic (exact) mass is 168 g/mol. The number of hydrogen-bond acceptors (Lipinski definition) is 5. The number of nitrogens with zero attached hydrogens (tertiary/aromatic N) is 2. The Balaban J connectivity index is 2.37. The molecule has 1 heterocycles. The van der Waals surface area contributed by atoms with Gasteiger partial charge in [0.15, 0.2) is 5.75 Å². The van der Waals surface area contributed by atoms with Crippen molar-refractivity contribution in [3.63, 3.8) is 0 Å². The third-order valence-corrected chi connectivity index (χ3v) is 1.30. The first kappa shape index (κ1) is 8.73. The first-order valence-corrected chi connectivity index (χ1v) is 3.78. The number of nitrogens with one attached hydrogen (secondary N) is 1. The second-order valence-corrected chi connectivity index (χ2v) is 2.33. The third kappa shape index (κ3) is 2.71. The lowest BCUT2D eigenvalue weighted by Crippen LogP contribution is -2.09. The second kappa shape index (κ2) is 4.50. The minimum absolute atomic E-state index is 0.0689. The van der Waals surface area contributed by atoms with Gasteiger partial charge in [0.1, 0.15) is 0 Å². The van der Waals surface area contributed by atoms with Crippen LogP contribution < -0.4 is 11.1 Å². The van der Waals surface area contributed by atoms with E-state index in [4.69, 9.17) is 10.8 Å². The SMILES string of the molecule is NCCCNc1ncc(O)cn1. The van der Waals surface area contributed by atoms with Gasteiger partial charge in [0.25, 0.3) is 0 Å². The summed E-state index contributed by atoms with van der Waals surface area (Å²) in [6.45, 7) is 1.40. The number of nitrogens with two attached hydrogens (primary N) is 1. The molecule has 0 amide bonds. The summed E-state index contributed by atoms with van der Waals surface area (Å²) in [7, 11) is 0. The number of aromatic hydroxyl groups is 1. The molecule has 1 aromatic heterocycles. The maximum absolute atomic E-state index is 8.86. The van der Waals surface area contributed by atoms with E-state index in [9.17, 15) is 0 Å². The van der Waals surface area contributed by atoms with Gasteiger partial charge < -0.3 is 16.2 Å². The average Bonchev–Trinajstić information content (AvgIpc) is 2.09. The van der Waals surface area contributed by atoms with Crippen molar-refractivity contribution in [2.24, 2.45) is 5.73 Å². The highest BCUT2D eigenvalue weighted by molar-refractivity contribution is 5.25. The quantitative estimate of drug-likeness (QED) is 0.548. The van der Waals surface area contributed by atoms with E-state index in [0.29, 0.717) is 12.5 Å². The molecule has 0 spiro atoms. The van der Waals surface area contributed by atoms with Gasteiger partial charge in [-0.15, -0.1) is 0 Å². The zero-order valence-corrected chi connectivity index (χ0v) is 6.70. The van der Waals surface area contributed by atoms with Crippen molar-refractivity contribution in [2.75, 3.05) is 18.4 Å². The van der Waals surface area contributed by atoms with Gasteiger partial charge in [-0.3, -0.25) is 0 Å². The normalized spacial score (nSPS) is 9.75. The molecule has 0 bridgehead atoms. The molecular weight excluding hydrogens is 156 g/mol. The molecule has 0 aliphatic rings. The minimum Gasteiger partial charge on any atom is -0.505 e. The van der Waals surface area contributed by atoms with Crippen molar-refractivity contribution < 1.29 is 5.11 Å². The highest BCUT2D eigenvalue weighted by atomic mass is 16.3. The lowest BCUT2D eigenvalue weighted by molar-refractivity contribution is 0.470. The van der Waals surface area contributed by atoms with Crippen LogP contribution in [0.4, 0.5) is 5.95 Å². The fraction of sp³-hybridized carbons (Fsp3) is 0.429. The summed E-state index contributed by atoms with van der Waals surface area (Å²) in [5.41, 5.74) is 5.30. The van der Waals surface area contributed by atoms with Crippen LogP contribution >= 0.6 is 0 Å². The van der Waals surface area contributed by atoms with Crippen molar-refractivity contribution in [1.29, 1.82) is 0 Å². The fourth-order valence-corrected chi connectivity index (χ4v) is 0.715. The Bertz CT molecular complexity index is 223. The fourth-order valence-electron chi connectivity index (χ4n) is 0.715. The van der Waals surface area contributed by atoms with Gasteiger partial charge in [0, 0.05) is 6.54 Å². The van der Waals surface area contributed by atoms with Crippen molar-refractivity contribution in [3.05, 3.63) is 12.4 Å². The predicted octanol–water partition coefficient (Wildman–Crippen LogP) is -0.0571. The molecule has 5 nitrogen and oxygen atoms in total. The van der Waals surface area contributed by atoms with Crippen LogP contribution in [0, 0.1) is 0 Å². The maximum Gasteiger partial charge on any atom is 0.222 e. The molecule has 0 aliphatic carbocycles. The molecule has 0 fully saturated rings. The van der Waals surface area contributed by atoms with Crippen molar-refractivity contribution >= 4 is 5.95 Å². The van der Waals surface area contributed by atoms with Crippen LogP contribution in [0.15, 0.2) is 12.4 Å². The summed E-state index contributed by atoms with van der Waals surface area (Å²) in [6, 6.07) is 0. The highest BCUT2D eigenvalue weighted by Gasteiger charge is 1.93. The molecule has 1 rings (SSSR count). The summed E-state index contributed by atoms with van der Waals surface area (Å²) in [6.07, 6.45) is 3.57. The Labute approximate surface area is 70.6 Å². The van der Waals surface area contributed by atoms with Crippen molar-refractivity contribution in [1.82, 2.24) is 9.97 Å². The molecule has 4 N–H and O–H groups in total.